The lowest BCUT2D eigenvalue weighted by Crippen LogP contribution is -2.35. The lowest BCUT2D eigenvalue weighted by Gasteiger charge is -2.22. The zero-order valence-electron chi connectivity index (χ0n) is 12.6. The SMILES string of the molecule is Cc1cc(C(=O)N2CCCOC(C)C2)ccc1C#CCO. The van der Waals surface area contributed by atoms with Gasteiger partial charge in [-0.3, -0.25) is 4.79 Å². The molecule has 0 saturated carbocycles. The van der Waals surface area contributed by atoms with E-state index >= 15 is 0 Å². The molecule has 0 spiro atoms. The highest BCUT2D eigenvalue weighted by atomic mass is 16.5. The number of amides is 1. The van der Waals surface area contributed by atoms with Crippen molar-refractivity contribution in [3.8, 4) is 11.8 Å². The third kappa shape index (κ3) is 4.07. The van der Waals surface area contributed by atoms with Crippen LogP contribution < -0.4 is 0 Å². The van der Waals surface area contributed by atoms with Gasteiger partial charge < -0.3 is 14.7 Å². The molecule has 1 fully saturated rings. The fourth-order valence-corrected chi connectivity index (χ4v) is 2.43. The molecule has 4 heteroatoms. The molecule has 1 N–H and O–H groups in total. The van der Waals surface area contributed by atoms with Crippen LogP contribution in [0, 0.1) is 18.8 Å². The monoisotopic (exact) mass is 287 g/mol. The minimum atomic E-state index is -0.161. The van der Waals surface area contributed by atoms with Gasteiger partial charge in [0.1, 0.15) is 6.61 Å². The summed E-state index contributed by atoms with van der Waals surface area (Å²) in [5, 5.41) is 8.74. The van der Waals surface area contributed by atoms with Gasteiger partial charge in [-0.15, -0.1) is 0 Å². The molecule has 1 aromatic carbocycles. The normalized spacial score (nSPS) is 18.6. The minimum absolute atomic E-state index is 0.0390. The highest BCUT2D eigenvalue weighted by Crippen LogP contribution is 2.14. The first-order valence-electron chi connectivity index (χ1n) is 7.23. The Morgan fingerprint density at radius 1 is 1.52 bits per heavy atom. The number of benzene rings is 1. The summed E-state index contributed by atoms with van der Waals surface area (Å²) in [7, 11) is 0. The van der Waals surface area contributed by atoms with Crippen LogP contribution in [0.2, 0.25) is 0 Å². The Hall–Kier alpha value is -1.83. The Labute approximate surface area is 125 Å². The van der Waals surface area contributed by atoms with E-state index in [9.17, 15) is 4.79 Å². The topological polar surface area (TPSA) is 49.8 Å². The summed E-state index contributed by atoms with van der Waals surface area (Å²) in [5.41, 5.74) is 2.46. The number of aliphatic hydroxyl groups excluding tert-OH is 1. The average Bonchev–Trinajstić information content (AvgIpc) is 2.70. The molecule has 1 aromatic rings. The summed E-state index contributed by atoms with van der Waals surface area (Å²) in [6, 6.07) is 5.50. The second kappa shape index (κ2) is 7.26. The number of carbonyl (C=O) groups is 1. The highest BCUT2D eigenvalue weighted by molar-refractivity contribution is 5.94. The lowest BCUT2D eigenvalue weighted by atomic mass is 10.0. The molecule has 1 aliphatic rings. The summed E-state index contributed by atoms with van der Waals surface area (Å²) >= 11 is 0. The Balaban J connectivity index is 2.17. The molecule has 0 aromatic heterocycles. The molecule has 1 saturated heterocycles. The van der Waals surface area contributed by atoms with Crippen LogP contribution in [0.1, 0.15) is 34.8 Å². The van der Waals surface area contributed by atoms with Crippen molar-refractivity contribution in [2.45, 2.75) is 26.4 Å². The van der Waals surface area contributed by atoms with Gasteiger partial charge in [0.05, 0.1) is 6.10 Å². The summed E-state index contributed by atoms with van der Waals surface area (Å²) < 4.78 is 5.57. The van der Waals surface area contributed by atoms with Crippen LogP contribution >= 0.6 is 0 Å². The van der Waals surface area contributed by atoms with E-state index in [1.165, 1.54) is 0 Å². The first kappa shape index (κ1) is 15.6. The standard InChI is InChI=1S/C17H21NO3/c1-13-11-16(7-6-15(13)5-3-9-19)17(20)18-8-4-10-21-14(2)12-18/h6-7,11,14,19H,4,8-10,12H2,1-2H3. The molecule has 1 aliphatic heterocycles. The predicted molar refractivity (Wildman–Crippen MR) is 81.1 cm³/mol. The van der Waals surface area contributed by atoms with E-state index in [1.54, 1.807) is 6.07 Å². The molecule has 112 valence electrons. The lowest BCUT2D eigenvalue weighted by molar-refractivity contribution is 0.0562. The second-order valence-electron chi connectivity index (χ2n) is 5.28. The van der Waals surface area contributed by atoms with E-state index in [0.717, 1.165) is 24.1 Å². The zero-order chi connectivity index (χ0) is 15.2. The van der Waals surface area contributed by atoms with E-state index in [2.05, 4.69) is 11.8 Å². The molecule has 0 radical (unpaired) electrons. The molecular weight excluding hydrogens is 266 g/mol. The molecular formula is C17H21NO3. The van der Waals surface area contributed by atoms with Gasteiger partial charge in [0.15, 0.2) is 0 Å². The van der Waals surface area contributed by atoms with E-state index in [0.29, 0.717) is 18.7 Å². The smallest absolute Gasteiger partial charge is 0.253 e. The first-order chi connectivity index (χ1) is 10.1. The highest BCUT2D eigenvalue weighted by Gasteiger charge is 2.21. The van der Waals surface area contributed by atoms with Crippen molar-refractivity contribution in [2.75, 3.05) is 26.3 Å². The molecule has 4 nitrogen and oxygen atoms in total. The molecule has 1 atom stereocenters. The Morgan fingerprint density at radius 2 is 2.33 bits per heavy atom. The van der Waals surface area contributed by atoms with Crippen LogP contribution in [0.3, 0.4) is 0 Å². The first-order valence-corrected chi connectivity index (χ1v) is 7.23. The summed E-state index contributed by atoms with van der Waals surface area (Å²) in [4.78, 5) is 14.4. The van der Waals surface area contributed by atoms with Crippen molar-refractivity contribution in [1.82, 2.24) is 4.90 Å². The number of rotatable bonds is 1. The van der Waals surface area contributed by atoms with Crippen molar-refractivity contribution < 1.29 is 14.6 Å². The maximum absolute atomic E-state index is 12.6. The van der Waals surface area contributed by atoms with Gasteiger partial charge >= 0.3 is 0 Å². The van der Waals surface area contributed by atoms with Crippen LogP contribution in [0.4, 0.5) is 0 Å². The van der Waals surface area contributed by atoms with Gasteiger partial charge in [-0.25, -0.2) is 0 Å². The largest absolute Gasteiger partial charge is 0.384 e. The Morgan fingerprint density at radius 3 is 3.05 bits per heavy atom. The number of hydrogen-bond donors (Lipinski definition) is 1. The van der Waals surface area contributed by atoms with E-state index in [4.69, 9.17) is 9.84 Å². The van der Waals surface area contributed by atoms with Gasteiger partial charge in [0.25, 0.3) is 5.91 Å². The van der Waals surface area contributed by atoms with Gasteiger partial charge in [0.2, 0.25) is 0 Å². The van der Waals surface area contributed by atoms with Gasteiger partial charge in [-0.2, -0.15) is 0 Å². The molecule has 1 unspecified atom stereocenters. The molecule has 2 rings (SSSR count). The zero-order valence-corrected chi connectivity index (χ0v) is 12.6. The molecule has 1 amide bonds. The molecule has 0 bridgehead atoms. The van der Waals surface area contributed by atoms with Crippen molar-refractivity contribution in [3.63, 3.8) is 0 Å². The summed E-state index contributed by atoms with van der Waals surface area (Å²) in [5.74, 6) is 5.54. The maximum Gasteiger partial charge on any atom is 0.253 e. The average molecular weight is 287 g/mol. The molecule has 0 aliphatic carbocycles. The number of hydrogen-bond acceptors (Lipinski definition) is 3. The van der Waals surface area contributed by atoms with Crippen LogP contribution in [-0.4, -0.2) is 48.3 Å². The third-order valence-corrected chi connectivity index (χ3v) is 3.51. The number of ether oxygens (including phenoxy) is 1. The minimum Gasteiger partial charge on any atom is -0.384 e. The summed E-state index contributed by atoms with van der Waals surface area (Å²) in [6.45, 7) is 5.82. The fourth-order valence-electron chi connectivity index (χ4n) is 2.43. The number of carbonyl (C=O) groups excluding carboxylic acids is 1. The van der Waals surface area contributed by atoms with Crippen molar-refractivity contribution in [1.29, 1.82) is 0 Å². The van der Waals surface area contributed by atoms with Crippen LogP contribution in [-0.2, 0) is 4.74 Å². The van der Waals surface area contributed by atoms with E-state index < -0.39 is 0 Å². The molecule has 21 heavy (non-hydrogen) atoms. The van der Waals surface area contributed by atoms with Gasteiger partial charge in [-0.1, -0.05) is 11.8 Å². The van der Waals surface area contributed by atoms with Gasteiger partial charge in [0, 0.05) is 30.8 Å². The number of nitrogens with zero attached hydrogens (tertiary/aromatic N) is 1. The van der Waals surface area contributed by atoms with E-state index in [1.807, 2.05) is 30.9 Å². The van der Waals surface area contributed by atoms with Crippen molar-refractivity contribution >= 4 is 5.91 Å². The quantitative estimate of drug-likeness (QED) is 0.798. The van der Waals surface area contributed by atoms with E-state index in [-0.39, 0.29) is 18.6 Å². The second-order valence-corrected chi connectivity index (χ2v) is 5.28. The predicted octanol–water partition coefficient (Wildman–Crippen LogP) is 1.59. The fraction of sp³-hybridized carbons (Fsp3) is 0.471. The van der Waals surface area contributed by atoms with Crippen molar-refractivity contribution in [3.05, 3.63) is 34.9 Å². The van der Waals surface area contributed by atoms with Crippen LogP contribution in [0.15, 0.2) is 18.2 Å². The Bertz CT molecular complexity index is 571. The van der Waals surface area contributed by atoms with Crippen LogP contribution in [0.25, 0.3) is 0 Å². The third-order valence-electron chi connectivity index (χ3n) is 3.51. The van der Waals surface area contributed by atoms with Crippen molar-refractivity contribution in [2.24, 2.45) is 0 Å². The van der Waals surface area contributed by atoms with Crippen LogP contribution in [0.5, 0.6) is 0 Å². The summed E-state index contributed by atoms with van der Waals surface area (Å²) in [6.07, 6.45) is 0.946. The number of aliphatic hydroxyl groups is 1. The number of aryl methyl sites for hydroxylation is 1. The molecule has 1 heterocycles. The van der Waals surface area contributed by atoms with Gasteiger partial charge in [-0.05, 0) is 44.0 Å². The maximum atomic E-state index is 12.6. The Kier molecular flexibility index (Phi) is 5.38.